The van der Waals surface area contributed by atoms with Crippen molar-refractivity contribution >= 4 is 43.5 Å². The van der Waals surface area contributed by atoms with Gasteiger partial charge in [0.05, 0.1) is 10.6 Å². The van der Waals surface area contributed by atoms with E-state index in [4.69, 9.17) is 0 Å². The minimum Gasteiger partial charge on any atom is -0.355 e. The highest BCUT2D eigenvalue weighted by molar-refractivity contribution is 9.10. The fourth-order valence-electron chi connectivity index (χ4n) is 3.81. The van der Waals surface area contributed by atoms with Crippen LogP contribution in [0.4, 0.5) is 5.69 Å². The van der Waals surface area contributed by atoms with E-state index in [0.717, 1.165) is 14.3 Å². The second-order valence-electron chi connectivity index (χ2n) is 8.33. The third-order valence-corrected chi connectivity index (χ3v) is 8.02. The van der Waals surface area contributed by atoms with Crippen LogP contribution in [0.25, 0.3) is 0 Å². The number of rotatable bonds is 10. The summed E-state index contributed by atoms with van der Waals surface area (Å²) in [6, 6.07) is 21.7. The van der Waals surface area contributed by atoms with Crippen LogP contribution in [0.3, 0.4) is 0 Å². The fraction of sp³-hybridized carbons (Fsp3) is 0.259. The van der Waals surface area contributed by atoms with Gasteiger partial charge in [0, 0.05) is 17.6 Å². The number of nitrogens with one attached hydrogen (secondary N) is 1. The molecule has 3 aromatic rings. The van der Waals surface area contributed by atoms with Crippen LogP contribution in [-0.4, -0.2) is 44.3 Å². The summed E-state index contributed by atoms with van der Waals surface area (Å²) in [4.78, 5) is 28.0. The van der Waals surface area contributed by atoms with Gasteiger partial charge in [0.2, 0.25) is 11.8 Å². The van der Waals surface area contributed by atoms with Crippen molar-refractivity contribution in [1.82, 2.24) is 10.2 Å². The number of hydrogen-bond acceptors (Lipinski definition) is 4. The van der Waals surface area contributed by atoms with Gasteiger partial charge in [-0.1, -0.05) is 64.5 Å². The number of aryl methyl sites for hydroxylation is 1. The summed E-state index contributed by atoms with van der Waals surface area (Å²) in [5.74, 6) is -0.800. The molecule has 0 radical (unpaired) electrons. The zero-order valence-corrected chi connectivity index (χ0v) is 22.9. The molecule has 0 unspecified atom stereocenters. The summed E-state index contributed by atoms with van der Waals surface area (Å²) < 4.78 is 29.4. The highest BCUT2D eigenvalue weighted by atomic mass is 79.9. The molecule has 0 aliphatic heterocycles. The third-order valence-electron chi connectivity index (χ3n) is 5.75. The van der Waals surface area contributed by atoms with E-state index in [1.54, 1.807) is 57.2 Å². The van der Waals surface area contributed by atoms with E-state index < -0.39 is 28.5 Å². The molecule has 0 saturated heterocycles. The van der Waals surface area contributed by atoms with Crippen LogP contribution in [0.5, 0.6) is 0 Å². The molecule has 0 fully saturated rings. The van der Waals surface area contributed by atoms with E-state index in [1.807, 2.05) is 30.3 Å². The summed E-state index contributed by atoms with van der Waals surface area (Å²) in [5, 5.41) is 2.75. The summed E-state index contributed by atoms with van der Waals surface area (Å²) in [6.45, 7) is 5.34. The molecule has 0 aliphatic rings. The maximum Gasteiger partial charge on any atom is 0.264 e. The number of amides is 2. The minimum absolute atomic E-state index is 0.0800. The standard InChI is InChI=1S/C27H30BrN3O4S/c1-4-29-27(33)21(3)30(18-22-12-10-13-23(28)17-22)26(32)19-31(25-16-9-8-11-20(25)2)36(34,35)24-14-6-5-7-15-24/h5-17,21H,4,18-19H2,1-3H3,(H,29,33)/t21-/m1/s1. The smallest absolute Gasteiger partial charge is 0.264 e. The molecule has 0 saturated carbocycles. The van der Waals surface area contributed by atoms with Crippen LogP contribution in [0.1, 0.15) is 25.0 Å². The number of sulfonamides is 1. The van der Waals surface area contributed by atoms with Gasteiger partial charge in [-0.2, -0.15) is 0 Å². The second kappa shape index (κ2) is 12.2. The number of para-hydroxylation sites is 1. The molecule has 2 amide bonds. The van der Waals surface area contributed by atoms with Gasteiger partial charge in [-0.3, -0.25) is 13.9 Å². The summed E-state index contributed by atoms with van der Waals surface area (Å²) in [7, 11) is -4.06. The monoisotopic (exact) mass is 571 g/mol. The molecule has 36 heavy (non-hydrogen) atoms. The Hall–Kier alpha value is -3.17. The molecule has 0 aliphatic carbocycles. The van der Waals surface area contributed by atoms with Crippen molar-refractivity contribution in [2.24, 2.45) is 0 Å². The first kappa shape index (κ1) is 27.4. The summed E-state index contributed by atoms with van der Waals surface area (Å²) >= 11 is 3.44. The van der Waals surface area contributed by atoms with Gasteiger partial charge in [-0.05, 0) is 62.2 Å². The van der Waals surface area contributed by atoms with E-state index in [2.05, 4.69) is 21.2 Å². The topological polar surface area (TPSA) is 86.8 Å². The van der Waals surface area contributed by atoms with Crippen molar-refractivity contribution in [2.45, 2.75) is 38.3 Å². The van der Waals surface area contributed by atoms with Crippen molar-refractivity contribution in [3.05, 3.63) is 94.5 Å². The number of carbonyl (C=O) groups is 2. The fourth-order valence-corrected chi connectivity index (χ4v) is 5.76. The summed E-state index contributed by atoms with van der Waals surface area (Å²) in [5.41, 5.74) is 1.92. The molecule has 0 spiro atoms. The van der Waals surface area contributed by atoms with Crippen LogP contribution in [-0.2, 0) is 26.2 Å². The quantitative estimate of drug-likeness (QED) is 0.388. The largest absolute Gasteiger partial charge is 0.355 e. The zero-order valence-electron chi connectivity index (χ0n) is 20.5. The first-order chi connectivity index (χ1) is 17.1. The first-order valence-corrected chi connectivity index (χ1v) is 13.8. The van der Waals surface area contributed by atoms with Crippen molar-refractivity contribution in [1.29, 1.82) is 0 Å². The predicted molar refractivity (Wildman–Crippen MR) is 145 cm³/mol. The Labute approximate surface area is 221 Å². The van der Waals surface area contributed by atoms with E-state index in [-0.39, 0.29) is 17.3 Å². The molecule has 3 aromatic carbocycles. The maximum absolute atomic E-state index is 13.8. The van der Waals surface area contributed by atoms with Gasteiger partial charge in [-0.15, -0.1) is 0 Å². The van der Waals surface area contributed by atoms with E-state index in [0.29, 0.717) is 17.8 Å². The predicted octanol–water partition coefficient (Wildman–Crippen LogP) is 4.51. The van der Waals surface area contributed by atoms with Crippen molar-refractivity contribution in [2.75, 3.05) is 17.4 Å². The molecule has 3 rings (SSSR count). The lowest BCUT2D eigenvalue weighted by molar-refractivity contribution is -0.139. The van der Waals surface area contributed by atoms with E-state index >= 15 is 0 Å². The Bertz CT molecular complexity index is 1320. The average Bonchev–Trinajstić information content (AvgIpc) is 2.86. The Morgan fingerprint density at radius 2 is 1.64 bits per heavy atom. The highest BCUT2D eigenvalue weighted by Gasteiger charge is 2.32. The molecular weight excluding hydrogens is 542 g/mol. The van der Waals surface area contributed by atoms with E-state index in [9.17, 15) is 18.0 Å². The maximum atomic E-state index is 13.8. The second-order valence-corrected chi connectivity index (χ2v) is 11.1. The van der Waals surface area contributed by atoms with Crippen molar-refractivity contribution in [3.63, 3.8) is 0 Å². The zero-order chi connectivity index (χ0) is 26.3. The molecule has 0 aromatic heterocycles. The Morgan fingerprint density at radius 1 is 0.972 bits per heavy atom. The lowest BCUT2D eigenvalue weighted by Gasteiger charge is -2.32. The molecule has 1 atom stereocenters. The van der Waals surface area contributed by atoms with Gasteiger partial charge < -0.3 is 10.2 Å². The lowest BCUT2D eigenvalue weighted by Crippen LogP contribution is -2.51. The normalized spacial score (nSPS) is 12.0. The minimum atomic E-state index is -4.06. The highest BCUT2D eigenvalue weighted by Crippen LogP contribution is 2.27. The van der Waals surface area contributed by atoms with Gasteiger partial charge >= 0.3 is 0 Å². The van der Waals surface area contributed by atoms with Crippen molar-refractivity contribution < 1.29 is 18.0 Å². The van der Waals surface area contributed by atoms with E-state index in [1.165, 1.54) is 17.0 Å². The molecule has 1 N–H and O–H groups in total. The molecule has 9 heteroatoms. The molecular formula is C27H30BrN3O4S. The number of benzene rings is 3. The van der Waals surface area contributed by atoms with Crippen LogP contribution >= 0.6 is 15.9 Å². The van der Waals surface area contributed by atoms with Gasteiger partial charge in [0.25, 0.3) is 10.0 Å². The first-order valence-electron chi connectivity index (χ1n) is 11.6. The SMILES string of the molecule is CCNC(=O)[C@@H](C)N(Cc1cccc(Br)c1)C(=O)CN(c1ccccc1C)S(=O)(=O)c1ccccc1. The van der Waals surface area contributed by atoms with Crippen LogP contribution in [0.2, 0.25) is 0 Å². The molecule has 0 bridgehead atoms. The lowest BCUT2D eigenvalue weighted by atomic mass is 10.1. The van der Waals surface area contributed by atoms with Gasteiger partial charge in [0.15, 0.2) is 0 Å². The molecule has 0 heterocycles. The summed E-state index contributed by atoms with van der Waals surface area (Å²) in [6.07, 6.45) is 0. The number of anilines is 1. The van der Waals surface area contributed by atoms with Gasteiger partial charge in [0.1, 0.15) is 12.6 Å². The molecule has 7 nitrogen and oxygen atoms in total. The Morgan fingerprint density at radius 3 is 2.28 bits per heavy atom. The number of likely N-dealkylation sites (N-methyl/N-ethyl adjacent to an activating group) is 1. The van der Waals surface area contributed by atoms with Crippen molar-refractivity contribution in [3.8, 4) is 0 Å². The number of hydrogen-bond donors (Lipinski definition) is 1. The van der Waals surface area contributed by atoms with Gasteiger partial charge in [-0.25, -0.2) is 8.42 Å². The number of halogens is 1. The van der Waals surface area contributed by atoms with Crippen LogP contribution in [0, 0.1) is 6.92 Å². The van der Waals surface area contributed by atoms with Crippen LogP contribution in [0.15, 0.2) is 88.2 Å². The number of nitrogens with zero attached hydrogens (tertiary/aromatic N) is 2. The third kappa shape index (κ3) is 6.53. The number of carbonyl (C=O) groups excluding carboxylic acids is 2. The Balaban J connectivity index is 2.03. The molecule has 190 valence electrons. The Kier molecular flexibility index (Phi) is 9.28. The van der Waals surface area contributed by atoms with Crippen LogP contribution < -0.4 is 9.62 Å². The average molecular weight is 573 g/mol.